The lowest BCUT2D eigenvalue weighted by Crippen LogP contribution is -2.21. The maximum absolute atomic E-state index is 5.73. The number of hydrogen-bond acceptors (Lipinski definition) is 4. The summed E-state index contributed by atoms with van der Waals surface area (Å²) in [5, 5.41) is 0. The van der Waals surface area contributed by atoms with Gasteiger partial charge in [0.05, 0.1) is 19.8 Å². The van der Waals surface area contributed by atoms with Crippen molar-refractivity contribution in [1.29, 1.82) is 0 Å². The van der Waals surface area contributed by atoms with E-state index in [1.807, 2.05) is 31.2 Å². The van der Waals surface area contributed by atoms with Crippen molar-refractivity contribution in [2.45, 2.75) is 32.3 Å². The number of rotatable bonds is 8. The molecule has 4 nitrogen and oxygen atoms in total. The zero-order valence-electron chi connectivity index (χ0n) is 11.5. The molecule has 0 aromatic heterocycles. The predicted molar refractivity (Wildman–Crippen MR) is 69.7 cm³/mol. The quantitative estimate of drug-likeness (QED) is 0.668. The lowest BCUT2D eigenvalue weighted by molar-refractivity contribution is -0.128. The molecule has 0 aliphatic carbocycles. The molecule has 18 heavy (non-hydrogen) atoms. The topological polar surface area (TPSA) is 36.9 Å². The van der Waals surface area contributed by atoms with Gasteiger partial charge in [-0.05, 0) is 24.6 Å². The van der Waals surface area contributed by atoms with Gasteiger partial charge in [-0.1, -0.05) is 12.1 Å². The van der Waals surface area contributed by atoms with E-state index in [9.17, 15) is 0 Å². The molecule has 0 radical (unpaired) electrons. The van der Waals surface area contributed by atoms with Gasteiger partial charge >= 0.3 is 0 Å². The minimum absolute atomic E-state index is 0.0806. The van der Waals surface area contributed by atoms with E-state index in [2.05, 4.69) is 0 Å². The largest absolute Gasteiger partial charge is 0.497 e. The van der Waals surface area contributed by atoms with Crippen LogP contribution in [0.15, 0.2) is 24.3 Å². The Morgan fingerprint density at radius 2 is 1.61 bits per heavy atom. The van der Waals surface area contributed by atoms with Crippen molar-refractivity contribution in [3.63, 3.8) is 0 Å². The van der Waals surface area contributed by atoms with E-state index in [1.54, 1.807) is 21.3 Å². The molecule has 1 aromatic rings. The molecule has 0 saturated carbocycles. The smallest absolute Gasteiger partial charge is 0.159 e. The Labute approximate surface area is 109 Å². The maximum Gasteiger partial charge on any atom is 0.159 e. The maximum atomic E-state index is 5.73. The normalized spacial score (nSPS) is 12.7. The fourth-order valence-corrected chi connectivity index (χ4v) is 1.59. The van der Waals surface area contributed by atoms with Crippen LogP contribution in [0.4, 0.5) is 0 Å². The van der Waals surface area contributed by atoms with Gasteiger partial charge in [0.25, 0.3) is 0 Å². The Hall–Kier alpha value is -1.10. The Balaban J connectivity index is 2.34. The molecule has 0 N–H and O–H groups in total. The van der Waals surface area contributed by atoms with E-state index in [0.717, 1.165) is 11.3 Å². The van der Waals surface area contributed by atoms with Gasteiger partial charge in [0.1, 0.15) is 5.75 Å². The molecular formula is C14H22O4. The van der Waals surface area contributed by atoms with Crippen molar-refractivity contribution >= 4 is 0 Å². The van der Waals surface area contributed by atoms with Crippen molar-refractivity contribution in [3.05, 3.63) is 29.8 Å². The average molecular weight is 254 g/mol. The summed E-state index contributed by atoms with van der Waals surface area (Å²) >= 11 is 0. The zero-order chi connectivity index (χ0) is 13.4. The first-order valence-corrected chi connectivity index (χ1v) is 5.99. The van der Waals surface area contributed by atoms with Crippen LogP contribution in [0.2, 0.25) is 0 Å². The third-order valence-corrected chi connectivity index (χ3v) is 2.74. The van der Waals surface area contributed by atoms with Crippen LogP contribution in [0, 0.1) is 0 Å². The van der Waals surface area contributed by atoms with E-state index >= 15 is 0 Å². The van der Waals surface area contributed by atoms with Gasteiger partial charge < -0.3 is 18.9 Å². The monoisotopic (exact) mass is 254 g/mol. The molecule has 0 saturated heterocycles. The Morgan fingerprint density at radius 3 is 2.11 bits per heavy atom. The lowest BCUT2D eigenvalue weighted by atomic mass is 10.2. The number of benzene rings is 1. The minimum atomic E-state index is -0.212. The van der Waals surface area contributed by atoms with Crippen LogP contribution < -0.4 is 4.74 Å². The molecule has 0 aliphatic rings. The number of ether oxygens (including phenoxy) is 4. The van der Waals surface area contributed by atoms with Crippen LogP contribution >= 0.6 is 0 Å². The van der Waals surface area contributed by atoms with Crippen LogP contribution in [-0.2, 0) is 20.8 Å². The van der Waals surface area contributed by atoms with Crippen LogP contribution in [0.25, 0.3) is 0 Å². The molecule has 0 spiro atoms. The summed E-state index contributed by atoms with van der Waals surface area (Å²) in [5.41, 5.74) is 1.12. The van der Waals surface area contributed by atoms with Gasteiger partial charge in [0, 0.05) is 20.6 Å². The molecule has 4 heteroatoms. The molecule has 0 fully saturated rings. The highest BCUT2D eigenvalue weighted by Gasteiger charge is 2.11. The lowest BCUT2D eigenvalue weighted by Gasteiger charge is -2.19. The second kappa shape index (κ2) is 8.08. The van der Waals surface area contributed by atoms with Gasteiger partial charge in [0.2, 0.25) is 0 Å². The van der Waals surface area contributed by atoms with Gasteiger partial charge in [0.15, 0.2) is 6.29 Å². The summed E-state index contributed by atoms with van der Waals surface area (Å²) in [7, 11) is 4.91. The highest BCUT2D eigenvalue weighted by molar-refractivity contribution is 5.26. The number of methoxy groups -OCH3 is 3. The van der Waals surface area contributed by atoms with Crippen molar-refractivity contribution in [3.8, 4) is 5.75 Å². The molecule has 0 bridgehead atoms. The first-order chi connectivity index (χ1) is 8.69. The first-order valence-electron chi connectivity index (χ1n) is 5.99. The Morgan fingerprint density at radius 1 is 1.00 bits per heavy atom. The Bertz CT molecular complexity index is 319. The summed E-state index contributed by atoms with van der Waals surface area (Å²) in [4.78, 5) is 0. The van der Waals surface area contributed by atoms with Crippen LogP contribution in [0.1, 0.15) is 18.9 Å². The summed E-state index contributed by atoms with van der Waals surface area (Å²) in [6.45, 7) is 2.58. The van der Waals surface area contributed by atoms with Gasteiger partial charge in [-0.25, -0.2) is 0 Å². The fourth-order valence-electron chi connectivity index (χ4n) is 1.59. The highest BCUT2D eigenvalue weighted by Crippen LogP contribution is 2.14. The van der Waals surface area contributed by atoms with E-state index in [-0.39, 0.29) is 12.4 Å². The SMILES string of the molecule is COc1ccc(COC(C)CC(OC)OC)cc1. The van der Waals surface area contributed by atoms with Crippen molar-refractivity contribution in [1.82, 2.24) is 0 Å². The summed E-state index contributed by atoms with van der Waals surface area (Å²) in [6.07, 6.45) is 0.580. The second-order valence-electron chi connectivity index (χ2n) is 4.11. The van der Waals surface area contributed by atoms with E-state index in [0.29, 0.717) is 13.0 Å². The predicted octanol–water partition coefficient (Wildman–Crippen LogP) is 2.61. The van der Waals surface area contributed by atoms with Gasteiger partial charge in [-0.15, -0.1) is 0 Å². The van der Waals surface area contributed by atoms with Crippen molar-refractivity contribution in [2.75, 3.05) is 21.3 Å². The summed E-state index contributed by atoms with van der Waals surface area (Å²) in [5.74, 6) is 0.852. The van der Waals surface area contributed by atoms with Gasteiger partial charge in [-0.3, -0.25) is 0 Å². The zero-order valence-corrected chi connectivity index (χ0v) is 11.5. The summed E-state index contributed by atoms with van der Waals surface area (Å²) in [6, 6.07) is 7.85. The third-order valence-electron chi connectivity index (χ3n) is 2.74. The molecule has 1 rings (SSSR count). The highest BCUT2D eigenvalue weighted by atomic mass is 16.7. The average Bonchev–Trinajstić information content (AvgIpc) is 2.43. The van der Waals surface area contributed by atoms with E-state index in [1.165, 1.54) is 0 Å². The summed E-state index contributed by atoms with van der Waals surface area (Å²) < 4.78 is 21.1. The van der Waals surface area contributed by atoms with E-state index in [4.69, 9.17) is 18.9 Å². The van der Waals surface area contributed by atoms with Gasteiger partial charge in [-0.2, -0.15) is 0 Å². The molecule has 0 amide bonds. The van der Waals surface area contributed by atoms with Crippen LogP contribution in [0.5, 0.6) is 5.75 Å². The fraction of sp³-hybridized carbons (Fsp3) is 0.571. The van der Waals surface area contributed by atoms with Crippen LogP contribution in [-0.4, -0.2) is 33.7 Å². The Kier molecular flexibility index (Phi) is 6.72. The van der Waals surface area contributed by atoms with E-state index < -0.39 is 0 Å². The number of hydrogen-bond donors (Lipinski definition) is 0. The van der Waals surface area contributed by atoms with Crippen LogP contribution in [0.3, 0.4) is 0 Å². The van der Waals surface area contributed by atoms with Crippen molar-refractivity contribution < 1.29 is 18.9 Å². The molecule has 0 heterocycles. The second-order valence-corrected chi connectivity index (χ2v) is 4.11. The minimum Gasteiger partial charge on any atom is -0.497 e. The third kappa shape index (κ3) is 5.04. The standard InChI is InChI=1S/C14H22O4/c1-11(9-14(16-3)17-4)18-10-12-5-7-13(15-2)8-6-12/h5-8,11,14H,9-10H2,1-4H3. The molecule has 1 unspecified atom stereocenters. The molecule has 102 valence electrons. The molecular weight excluding hydrogens is 232 g/mol. The molecule has 0 aliphatic heterocycles. The van der Waals surface area contributed by atoms with Crippen molar-refractivity contribution in [2.24, 2.45) is 0 Å². The molecule has 1 atom stereocenters. The first kappa shape index (κ1) is 15.0. The molecule has 1 aromatic carbocycles.